The van der Waals surface area contributed by atoms with Crippen LogP contribution in [0.2, 0.25) is 0 Å². The molecule has 0 saturated heterocycles. The normalized spacial score (nSPS) is 12.3. The van der Waals surface area contributed by atoms with Gasteiger partial charge in [0.25, 0.3) is 0 Å². The Bertz CT molecular complexity index is 555. The standard InChI is InChI=1S/C17H22BrNOS/c1-3-7-19-15(11-17-10-14(18)12-21-17)8-13-5-4-6-16(9-13)20-2/h4-6,9-10,12,15,19H,3,7-8,11H2,1-2H3. The number of methoxy groups -OCH3 is 1. The second-order valence-electron chi connectivity index (χ2n) is 5.14. The van der Waals surface area contributed by atoms with Crippen LogP contribution < -0.4 is 10.1 Å². The molecule has 0 saturated carbocycles. The summed E-state index contributed by atoms with van der Waals surface area (Å²) >= 11 is 5.35. The molecule has 0 aliphatic carbocycles. The Balaban J connectivity index is 2.04. The zero-order valence-electron chi connectivity index (χ0n) is 12.6. The molecule has 2 rings (SSSR count). The summed E-state index contributed by atoms with van der Waals surface area (Å²) in [6.45, 7) is 3.26. The van der Waals surface area contributed by atoms with E-state index in [1.165, 1.54) is 14.9 Å². The van der Waals surface area contributed by atoms with Gasteiger partial charge < -0.3 is 10.1 Å². The summed E-state index contributed by atoms with van der Waals surface area (Å²) in [5.41, 5.74) is 1.32. The summed E-state index contributed by atoms with van der Waals surface area (Å²) in [6.07, 6.45) is 3.24. The van der Waals surface area contributed by atoms with Crippen molar-refractivity contribution in [3.63, 3.8) is 0 Å². The Morgan fingerprint density at radius 1 is 1.29 bits per heavy atom. The highest BCUT2D eigenvalue weighted by atomic mass is 79.9. The Labute approximate surface area is 139 Å². The molecule has 0 spiro atoms. The van der Waals surface area contributed by atoms with E-state index in [1.807, 2.05) is 17.4 Å². The number of ether oxygens (including phenoxy) is 1. The van der Waals surface area contributed by atoms with Gasteiger partial charge in [0, 0.05) is 20.8 Å². The van der Waals surface area contributed by atoms with E-state index in [0.717, 1.165) is 31.6 Å². The first-order chi connectivity index (χ1) is 10.2. The van der Waals surface area contributed by atoms with Crippen LogP contribution in [0.15, 0.2) is 40.2 Å². The van der Waals surface area contributed by atoms with Gasteiger partial charge in [-0.3, -0.25) is 0 Å². The van der Waals surface area contributed by atoms with Gasteiger partial charge in [0.05, 0.1) is 7.11 Å². The molecule has 0 bridgehead atoms. The van der Waals surface area contributed by atoms with Gasteiger partial charge in [0.2, 0.25) is 0 Å². The molecule has 1 aromatic heterocycles. The van der Waals surface area contributed by atoms with Crippen molar-refractivity contribution in [3.8, 4) is 5.75 Å². The van der Waals surface area contributed by atoms with Crippen molar-refractivity contribution < 1.29 is 4.74 Å². The molecule has 1 aromatic carbocycles. The fraction of sp³-hybridized carbons (Fsp3) is 0.412. The molecule has 0 aliphatic heterocycles. The van der Waals surface area contributed by atoms with Gasteiger partial charge in [-0.15, -0.1) is 11.3 Å². The zero-order valence-corrected chi connectivity index (χ0v) is 15.0. The minimum atomic E-state index is 0.461. The van der Waals surface area contributed by atoms with Gasteiger partial charge in [0.1, 0.15) is 5.75 Å². The van der Waals surface area contributed by atoms with E-state index in [1.54, 1.807) is 7.11 Å². The second kappa shape index (κ2) is 8.57. The van der Waals surface area contributed by atoms with Crippen LogP contribution in [0.1, 0.15) is 23.8 Å². The van der Waals surface area contributed by atoms with Crippen LogP contribution in [0.3, 0.4) is 0 Å². The summed E-state index contributed by atoms with van der Waals surface area (Å²) in [5, 5.41) is 5.81. The van der Waals surface area contributed by atoms with Gasteiger partial charge in [-0.25, -0.2) is 0 Å². The van der Waals surface area contributed by atoms with E-state index in [2.05, 4.69) is 57.8 Å². The molecular weight excluding hydrogens is 346 g/mol. The highest BCUT2D eigenvalue weighted by molar-refractivity contribution is 9.10. The fourth-order valence-corrected chi connectivity index (χ4v) is 3.89. The maximum absolute atomic E-state index is 5.31. The molecule has 1 unspecified atom stereocenters. The molecule has 1 atom stereocenters. The predicted molar refractivity (Wildman–Crippen MR) is 94.5 cm³/mol. The molecule has 0 amide bonds. The summed E-state index contributed by atoms with van der Waals surface area (Å²) in [6, 6.07) is 11.0. The zero-order chi connectivity index (χ0) is 15.1. The first kappa shape index (κ1) is 16.5. The monoisotopic (exact) mass is 367 g/mol. The van der Waals surface area contributed by atoms with Gasteiger partial charge in [-0.1, -0.05) is 19.1 Å². The topological polar surface area (TPSA) is 21.3 Å². The molecule has 0 fully saturated rings. The maximum atomic E-state index is 5.31. The van der Waals surface area contributed by atoms with E-state index in [0.29, 0.717) is 6.04 Å². The minimum Gasteiger partial charge on any atom is -0.497 e. The van der Waals surface area contributed by atoms with E-state index in [-0.39, 0.29) is 0 Å². The molecular formula is C17H22BrNOS. The number of thiophene rings is 1. The third-order valence-electron chi connectivity index (χ3n) is 3.37. The summed E-state index contributed by atoms with van der Waals surface area (Å²) in [7, 11) is 1.72. The van der Waals surface area contributed by atoms with Crippen LogP contribution in [0.25, 0.3) is 0 Å². The lowest BCUT2D eigenvalue weighted by molar-refractivity contribution is 0.413. The molecule has 0 radical (unpaired) electrons. The number of nitrogens with one attached hydrogen (secondary N) is 1. The van der Waals surface area contributed by atoms with Crippen LogP contribution in [-0.4, -0.2) is 19.7 Å². The van der Waals surface area contributed by atoms with E-state index < -0.39 is 0 Å². The minimum absolute atomic E-state index is 0.461. The first-order valence-electron chi connectivity index (χ1n) is 7.30. The highest BCUT2D eigenvalue weighted by Crippen LogP contribution is 2.22. The van der Waals surface area contributed by atoms with Crippen LogP contribution in [0, 0.1) is 0 Å². The summed E-state index contributed by atoms with van der Waals surface area (Å²) < 4.78 is 6.49. The third-order valence-corrected chi connectivity index (χ3v) is 5.09. The fourth-order valence-electron chi connectivity index (χ4n) is 2.35. The van der Waals surface area contributed by atoms with Crippen LogP contribution in [0.4, 0.5) is 0 Å². The van der Waals surface area contributed by atoms with Crippen LogP contribution >= 0.6 is 27.3 Å². The lowest BCUT2D eigenvalue weighted by Crippen LogP contribution is -2.33. The molecule has 4 heteroatoms. The van der Waals surface area contributed by atoms with E-state index >= 15 is 0 Å². The van der Waals surface area contributed by atoms with Gasteiger partial charge >= 0.3 is 0 Å². The Kier molecular flexibility index (Phi) is 6.74. The predicted octanol–water partition coefficient (Wildman–Crippen LogP) is 4.67. The molecule has 1 N–H and O–H groups in total. The Morgan fingerprint density at radius 2 is 2.14 bits per heavy atom. The number of benzene rings is 1. The lowest BCUT2D eigenvalue weighted by atomic mass is 10.0. The van der Waals surface area contributed by atoms with Gasteiger partial charge in [-0.2, -0.15) is 0 Å². The molecule has 0 aliphatic rings. The maximum Gasteiger partial charge on any atom is 0.119 e. The first-order valence-corrected chi connectivity index (χ1v) is 8.97. The van der Waals surface area contributed by atoms with Crippen molar-refractivity contribution in [1.29, 1.82) is 0 Å². The van der Waals surface area contributed by atoms with E-state index in [9.17, 15) is 0 Å². The summed E-state index contributed by atoms with van der Waals surface area (Å²) in [5.74, 6) is 0.931. The average Bonchev–Trinajstić information content (AvgIpc) is 2.90. The van der Waals surface area contributed by atoms with Crippen molar-refractivity contribution in [3.05, 3.63) is 50.6 Å². The smallest absolute Gasteiger partial charge is 0.119 e. The number of hydrogen-bond acceptors (Lipinski definition) is 3. The quantitative estimate of drug-likeness (QED) is 0.731. The molecule has 2 aromatic rings. The largest absolute Gasteiger partial charge is 0.497 e. The number of halogens is 1. The Morgan fingerprint density at radius 3 is 2.81 bits per heavy atom. The van der Waals surface area contributed by atoms with Gasteiger partial charge in [0.15, 0.2) is 0 Å². The van der Waals surface area contributed by atoms with Crippen molar-refractivity contribution in [2.24, 2.45) is 0 Å². The molecule has 2 nitrogen and oxygen atoms in total. The molecule has 21 heavy (non-hydrogen) atoms. The molecule has 1 heterocycles. The molecule has 114 valence electrons. The van der Waals surface area contributed by atoms with Crippen LogP contribution in [-0.2, 0) is 12.8 Å². The Hall–Kier alpha value is -0.840. The average molecular weight is 368 g/mol. The van der Waals surface area contributed by atoms with Crippen LogP contribution in [0.5, 0.6) is 5.75 Å². The number of hydrogen-bond donors (Lipinski definition) is 1. The van der Waals surface area contributed by atoms with E-state index in [4.69, 9.17) is 4.74 Å². The van der Waals surface area contributed by atoms with Crippen molar-refractivity contribution >= 4 is 27.3 Å². The number of rotatable bonds is 8. The third kappa shape index (κ3) is 5.46. The van der Waals surface area contributed by atoms with Crippen molar-refractivity contribution in [2.75, 3.05) is 13.7 Å². The SMILES string of the molecule is CCCNC(Cc1cccc(OC)c1)Cc1cc(Br)cs1. The lowest BCUT2D eigenvalue weighted by Gasteiger charge is -2.18. The van der Waals surface area contributed by atoms with Gasteiger partial charge in [-0.05, 0) is 65.5 Å². The van der Waals surface area contributed by atoms with Crippen molar-refractivity contribution in [2.45, 2.75) is 32.2 Å². The highest BCUT2D eigenvalue weighted by Gasteiger charge is 2.12. The second-order valence-corrected chi connectivity index (χ2v) is 7.05. The van der Waals surface area contributed by atoms with Crippen molar-refractivity contribution in [1.82, 2.24) is 5.32 Å². The summed E-state index contributed by atoms with van der Waals surface area (Å²) in [4.78, 5) is 1.42.